The van der Waals surface area contributed by atoms with Crippen LogP contribution in [0.1, 0.15) is 0 Å². The molecule has 186 valence electrons. The molecule has 0 heteroatoms. The quantitative estimate of drug-likeness (QED) is 0.209. The van der Waals surface area contributed by atoms with E-state index in [1.54, 1.807) is 0 Å². The average molecular weight is 507 g/mol. The highest BCUT2D eigenvalue weighted by Crippen LogP contribution is 2.43. The Kier molecular flexibility index (Phi) is 5.24. The molecule has 0 nitrogen and oxygen atoms in total. The van der Waals surface area contributed by atoms with Crippen molar-refractivity contribution in [1.29, 1.82) is 0 Å². The lowest BCUT2D eigenvalue weighted by Gasteiger charge is -2.17. The van der Waals surface area contributed by atoms with Crippen LogP contribution in [0.3, 0.4) is 0 Å². The minimum Gasteiger partial charge on any atom is -0.0622 e. The Morgan fingerprint density at radius 2 is 0.700 bits per heavy atom. The standard InChI is InChI=1S/C40H26/c1-2-11-27(12-3-1)28-21-23-30(24-22-28)37-25-39-36-19-9-8-18-35(36)38(26-40(39)34-17-7-6-16-33(34)37)32-20-10-14-29-13-4-5-15-31(29)32/h1-26H. The number of fused-ring (bicyclic) bond motifs is 6. The van der Waals surface area contributed by atoms with Crippen LogP contribution < -0.4 is 0 Å². The second-order valence-electron chi connectivity index (χ2n) is 10.5. The van der Waals surface area contributed by atoms with Gasteiger partial charge in [0, 0.05) is 0 Å². The second-order valence-corrected chi connectivity index (χ2v) is 10.5. The molecule has 0 atom stereocenters. The van der Waals surface area contributed by atoms with Crippen LogP contribution in [-0.2, 0) is 0 Å². The fraction of sp³-hybridized carbons (Fsp3) is 0. The maximum absolute atomic E-state index is 2.42. The Morgan fingerprint density at radius 1 is 0.225 bits per heavy atom. The third kappa shape index (κ3) is 3.61. The van der Waals surface area contributed by atoms with Gasteiger partial charge in [-0.15, -0.1) is 0 Å². The van der Waals surface area contributed by atoms with E-state index in [2.05, 4.69) is 158 Å². The summed E-state index contributed by atoms with van der Waals surface area (Å²) in [4.78, 5) is 0. The lowest BCUT2D eigenvalue weighted by atomic mass is 9.86. The Morgan fingerprint density at radius 3 is 1.40 bits per heavy atom. The molecule has 8 aromatic carbocycles. The van der Waals surface area contributed by atoms with Gasteiger partial charge < -0.3 is 0 Å². The molecule has 0 saturated heterocycles. The van der Waals surface area contributed by atoms with Gasteiger partial charge in [0.1, 0.15) is 0 Å². The Hall–Kier alpha value is -5.20. The van der Waals surface area contributed by atoms with Gasteiger partial charge in [0.05, 0.1) is 0 Å². The first kappa shape index (κ1) is 22.8. The summed E-state index contributed by atoms with van der Waals surface area (Å²) in [5, 5.41) is 10.3. The summed E-state index contributed by atoms with van der Waals surface area (Å²) in [7, 11) is 0. The topological polar surface area (TPSA) is 0 Å². The van der Waals surface area contributed by atoms with Crippen molar-refractivity contribution in [2.24, 2.45) is 0 Å². The Labute approximate surface area is 233 Å². The maximum atomic E-state index is 2.42. The first-order chi connectivity index (χ1) is 19.8. The molecule has 0 radical (unpaired) electrons. The van der Waals surface area contributed by atoms with Crippen molar-refractivity contribution < 1.29 is 0 Å². The van der Waals surface area contributed by atoms with Gasteiger partial charge in [0.25, 0.3) is 0 Å². The zero-order chi connectivity index (χ0) is 26.5. The van der Waals surface area contributed by atoms with E-state index < -0.39 is 0 Å². The summed E-state index contributed by atoms with van der Waals surface area (Å²) in [6, 6.07) is 57.5. The molecule has 0 aliphatic carbocycles. The number of hydrogen-bond acceptors (Lipinski definition) is 0. The van der Waals surface area contributed by atoms with Crippen molar-refractivity contribution in [3.8, 4) is 33.4 Å². The molecular weight excluding hydrogens is 480 g/mol. The Balaban J connectivity index is 1.42. The van der Waals surface area contributed by atoms with E-state index in [0.717, 1.165) is 0 Å². The van der Waals surface area contributed by atoms with Crippen LogP contribution in [0.15, 0.2) is 158 Å². The van der Waals surface area contributed by atoms with Gasteiger partial charge in [-0.25, -0.2) is 0 Å². The molecule has 0 bridgehead atoms. The van der Waals surface area contributed by atoms with Gasteiger partial charge in [-0.3, -0.25) is 0 Å². The van der Waals surface area contributed by atoms with Crippen molar-refractivity contribution in [3.63, 3.8) is 0 Å². The van der Waals surface area contributed by atoms with E-state index in [4.69, 9.17) is 0 Å². The van der Waals surface area contributed by atoms with Crippen LogP contribution in [0, 0.1) is 0 Å². The molecule has 0 spiro atoms. The van der Waals surface area contributed by atoms with E-state index in [9.17, 15) is 0 Å². The van der Waals surface area contributed by atoms with Crippen molar-refractivity contribution in [3.05, 3.63) is 158 Å². The van der Waals surface area contributed by atoms with Gasteiger partial charge in [-0.05, 0) is 88.6 Å². The predicted octanol–water partition coefficient (Wildman–Crippen LogP) is 11.3. The molecule has 8 rings (SSSR count). The highest BCUT2D eigenvalue weighted by molar-refractivity contribution is 6.24. The summed E-state index contributed by atoms with van der Waals surface area (Å²) in [5.41, 5.74) is 7.54. The summed E-state index contributed by atoms with van der Waals surface area (Å²) in [5.74, 6) is 0. The lowest BCUT2D eigenvalue weighted by Crippen LogP contribution is -1.90. The summed E-state index contributed by atoms with van der Waals surface area (Å²) in [6.07, 6.45) is 0. The van der Waals surface area contributed by atoms with E-state index in [1.165, 1.54) is 76.5 Å². The lowest BCUT2D eigenvalue weighted by molar-refractivity contribution is 1.61. The van der Waals surface area contributed by atoms with Crippen LogP contribution in [0.5, 0.6) is 0 Å². The minimum absolute atomic E-state index is 1.24. The largest absolute Gasteiger partial charge is 0.0622 e. The van der Waals surface area contributed by atoms with Crippen molar-refractivity contribution in [2.75, 3.05) is 0 Å². The molecule has 0 heterocycles. The van der Waals surface area contributed by atoms with Crippen molar-refractivity contribution in [1.82, 2.24) is 0 Å². The molecule has 0 aromatic heterocycles. The average Bonchev–Trinajstić information content (AvgIpc) is 3.04. The van der Waals surface area contributed by atoms with Crippen LogP contribution in [-0.4, -0.2) is 0 Å². The molecule has 0 unspecified atom stereocenters. The monoisotopic (exact) mass is 506 g/mol. The predicted molar refractivity (Wildman–Crippen MR) is 173 cm³/mol. The molecule has 0 amide bonds. The number of hydrogen-bond donors (Lipinski definition) is 0. The molecule has 0 aliphatic heterocycles. The summed E-state index contributed by atoms with van der Waals surface area (Å²) >= 11 is 0. The zero-order valence-electron chi connectivity index (χ0n) is 22.0. The van der Waals surface area contributed by atoms with Gasteiger partial charge >= 0.3 is 0 Å². The van der Waals surface area contributed by atoms with Crippen LogP contribution in [0.25, 0.3) is 76.5 Å². The van der Waals surface area contributed by atoms with Crippen LogP contribution in [0.2, 0.25) is 0 Å². The number of rotatable bonds is 3. The van der Waals surface area contributed by atoms with E-state index in [1.807, 2.05) is 0 Å². The fourth-order valence-electron chi connectivity index (χ4n) is 6.35. The molecular formula is C40H26. The van der Waals surface area contributed by atoms with Crippen LogP contribution in [0.4, 0.5) is 0 Å². The van der Waals surface area contributed by atoms with Gasteiger partial charge in [-0.1, -0.05) is 146 Å². The summed E-state index contributed by atoms with van der Waals surface area (Å²) in [6.45, 7) is 0. The zero-order valence-corrected chi connectivity index (χ0v) is 22.0. The third-order valence-corrected chi connectivity index (χ3v) is 8.27. The summed E-state index contributed by atoms with van der Waals surface area (Å²) < 4.78 is 0. The highest BCUT2D eigenvalue weighted by Gasteiger charge is 2.15. The van der Waals surface area contributed by atoms with Gasteiger partial charge in [0.15, 0.2) is 0 Å². The molecule has 0 N–H and O–H groups in total. The van der Waals surface area contributed by atoms with Crippen LogP contribution >= 0.6 is 0 Å². The van der Waals surface area contributed by atoms with E-state index in [-0.39, 0.29) is 0 Å². The third-order valence-electron chi connectivity index (χ3n) is 8.27. The maximum Gasteiger partial charge on any atom is -0.00923 e. The minimum atomic E-state index is 1.24. The molecule has 0 aliphatic rings. The molecule has 8 aromatic rings. The highest BCUT2D eigenvalue weighted by atomic mass is 14.2. The fourth-order valence-corrected chi connectivity index (χ4v) is 6.35. The van der Waals surface area contributed by atoms with E-state index >= 15 is 0 Å². The normalized spacial score (nSPS) is 11.5. The molecule has 0 fully saturated rings. The first-order valence-corrected chi connectivity index (χ1v) is 13.9. The SMILES string of the molecule is c1ccc(-c2ccc(-c3cc4c5ccccc5c(-c5cccc6ccccc56)cc4c4ccccc34)cc2)cc1. The van der Waals surface area contributed by atoms with Gasteiger partial charge in [-0.2, -0.15) is 0 Å². The first-order valence-electron chi connectivity index (χ1n) is 13.9. The van der Waals surface area contributed by atoms with Gasteiger partial charge in [0.2, 0.25) is 0 Å². The number of benzene rings is 8. The Bertz CT molecular complexity index is 2180. The second kappa shape index (κ2) is 9.22. The van der Waals surface area contributed by atoms with Crippen molar-refractivity contribution >= 4 is 43.1 Å². The van der Waals surface area contributed by atoms with Crippen molar-refractivity contribution in [2.45, 2.75) is 0 Å². The smallest absolute Gasteiger partial charge is 0.00923 e. The molecule has 40 heavy (non-hydrogen) atoms. The molecule has 0 saturated carbocycles. The van der Waals surface area contributed by atoms with E-state index in [0.29, 0.717) is 0 Å².